The molecule has 1 aliphatic heterocycles. The van der Waals surface area contributed by atoms with E-state index in [1.165, 1.54) is 26.0 Å². The van der Waals surface area contributed by atoms with E-state index in [2.05, 4.69) is 20.3 Å². The van der Waals surface area contributed by atoms with Crippen LogP contribution in [-0.4, -0.2) is 63.7 Å². The summed E-state index contributed by atoms with van der Waals surface area (Å²) in [6.07, 6.45) is -3.22. The predicted molar refractivity (Wildman–Crippen MR) is 174 cm³/mol. The maximum Gasteiger partial charge on any atom is 0.416 e. The fraction of sp³-hybridized carbons (Fsp3) is 0.343. The number of carbonyl (C=O) groups excluding carboxylic acids is 1. The first-order valence-electron chi connectivity index (χ1n) is 15.7. The summed E-state index contributed by atoms with van der Waals surface area (Å²) in [7, 11) is 0. The first-order chi connectivity index (χ1) is 23.4. The summed E-state index contributed by atoms with van der Waals surface area (Å²) < 4.78 is 56.1. The number of hydrogen-bond acceptors (Lipinski definition) is 10. The molecule has 4 aromatic rings. The van der Waals surface area contributed by atoms with Gasteiger partial charge in [-0.25, -0.2) is 4.79 Å². The molecule has 0 unspecified atom stereocenters. The monoisotopic (exact) mass is 679 g/mol. The van der Waals surface area contributed by atoms with Crippen molar-refractivity contribution in [2.75, 3.05) is 36.5 Å². The molecule has 0 spiro atoms. The van der Waals surface area contributed by atoms with Crippen LogP contribution in [0.3, 0.4) is 0 Å². The molecule has 49 heavy (non-hydrogen) atoms. The smallest absolute Gasteiger partial charge is 0.416 e. The number of ether oxygens (including phenoxy) is 3. The van der Waals surface area contributed by atoms with Crippen LogP contribution in [0, 0.1) is 5.92 Å². The lowest BCUT2D eigenvalue weighted by Crippen LogP contribution is -2.37. The van der Waals surface area contributed by atoms with E-state index >= 15 is 0 Å². The van der Waals surface area contributed by atoms with Crippen molar-refractivity contribution in [3.05, 3.63) is 95.6 Å². The summed E-state index contributed by atoms with van der Waals surface area (Å²) in [6.45, 7) is 4.31. The molecule has 0 saturated carbocycles. The highest BCUT2D eigenvalue weighted by molar-refractivity contribution is 5.97. The minimum absolute atomic E-state index is 0.0191. The van der Waals surface area contributed by atoms with Crippen LogP contribution in [0.4, 0.5) is 25.1 Å². The zero-order valence-electron chi connectivity index (χ0n) is 26.9. The second-order valence-electron chi connectivity index (χ2n) is 11.9. The van der Waals surface area contributed by atoms with Crippen LogP contribution >= 0.6 is 0 Å². The van der Waals surface area contributed by atoms with Gasteiger partial charge >= 0.3 is 18.2 Å². The molecule has 2 heterocycles. The standard InChI is InChI=1S/C35H36F3N5O6/c1-34(2,30(45)46)49-28-14-12-27(13-15-28)47-20-21-48-33-41-31(39-22-23-8-10-26(11-9-23)35(36,37)38)40-32(42-33)43-18-16-25(17-19-43)29(44)24-6-4-3-5-7-24/h3-15,25H,16-22H2,1-2H3,(H,45,46)(H,39,40,41,42). The molecule has 0 radical (unpaired) electrons. The number of Topliss-reactive ketones (excluding diaryl/α,β-unsaturated/α-hetero) is 1. The Bertz CT molecular complexity index is 1710. The van der Waals surface area contributed by atoms with Crippen molar-refractivity contribution in [3.8, 4) is 17.5 Å². The van der Waals surface area contributed by atoms with E-state index in [-0.39, 0.29) is 43.4 Å². The lowest BCUT2D eigenvalue weighted by molar-refractivity contribution is -0.152. The molecule has 14 heteroatoms. The molecule has 1 saturated heterocycles. The summed E-state index contributed by atoms with van der Waals surface area (Å²) >= 11 is 0. The molecular weight excluding hydrogens is 643 g/mol. The van der Waals surface area contributed by atoms with Crippen molar-refractivity contribution < 1.29 is 42.1 Å². The Balaban J connectivity index is 1.22. The van der Waals surface area contributed by atoms with Gasteiger partial charge in [-0.3, -0.25) is 4.79 Å². The number of aliphatic carboxylic acids is 1. The maximum absolute atomic E-state index is 13.0. The van der Waals surface area contributed by atoms with Gasteiger partial charge in [0.25, 0.3) is 0 Å². The zero-order chi connectivity index (χ0) is 35.0. The van der Waals surface area contributed by atoms with E-state index in [4.69, 9.17) is 14.2 Å². The van der Waals surface area contributed by atoms with Crippen LogP contribution in [0.15, 0.2) is 78.9 Å². The van der Waals surface area contributed by atoms with Gasteiger partial charge in [-0.15, -0.1) is 0 Å². The second-order valence-corrected chi connectivity index (χ2v) is 11.9. The molecule has 5 rings (SSSR count). The summed E-state index contributed by atoms with van der Waals surface area (Å²) in [5, 5.41) is 12.3. The Morgan fingerprint density at radius 2 is 1.49 bits per heavy atom. The quantitative estimate of drug-likeness (QED) is 0.115. The molecule has 0 aliphatic carbocycles. The van der Waals surface area contributed by atoms with E-state index in [1.807, 2.05) is 35.2 Å². The molecule has 0 bridgehead atoms. The third-order valence-electron chi connectivity index (χ3n) is 7.84. The van der Waals surface area contributed by atoms with Crippen LogP contribution in [0.5, 0.6) is 17.5 Å². The Morgan fingerprint density at radius 3 is 2.12 bits per heavy atom. The number of aromatic nitrogens is 3. The molecule has 1 fully saturated rings. The van der Waals surface area contributed by atoms with Crippen molar-refractivity contribution >= 4 is 23.6 Å². The van der Waals surface area contributed by atoms with Gasteiger partial charge in [-0.05, 0) is 68.7 Å². The number of nitrogens with one attached hydrogen (secondary N) is 1. The molecule has 258 valence electrons. The SMILES string of the molecule is CC(C)(Oc1ccc(OCCOc2nc(NCc3ccc(C(F)(F)F)cc3)nc(N3CCC(C(=O)c4ccccc4)CC3)n2)cc1)C(=O)O. The van der Waals surface area contributed by atoms with Crippen LogP contribution < -0.4 is 24.4 Å². The maximum atomic E-state index is 13.0. The number of hydrogen-bond donors (Lipinski definition) is 2. The van der Waals surface area contributed by atoms with Crippen LogP contribution in [0.2, 0.25) is 0 Å². The van der Waals surface area contributed by atoms with Gasteiger partial charge in [0.15, 0.2) is 11.4 Å². The van der Waals surface area contributed by atoms with Gasteiger partial charge in [0, 0.05) is 31.1 Å². The van der Waals surface area contributed by atoms with Gasteiger partial charge in [0.1, 0.15) is 24.7 Å². The number of benzene rings is 3. The van der Waals surface area contributed by atoms with Crippen molar-refractivity contribution in [1.29, 1.82) is 0 Å². The Morgan fingerprint density at radius 1 is 0.857 bits per heavy atom. The summed E-state index contributed by atoms with van der Waals surface area (Å²) in [5.41, 5.74) is -0.855. The van der Waals surface area contributed by atoms with Crippen LogP contribution in [0.1, 0.15) is 48.2 Å². The molecule has 1 aliphatic rings. The first kappa shape index (κ1) is 34.9. The molecule has 0 atom stereocenters. The van der Waals surface area contributed by atoms with Crippen LogP contribution in [0.25, 0.3) is 0 Å². The number of anilines is 2. The summed E-state index contributed by atoms with van der Waals surface area (Å²) in [6, 6.07) is 20.5. The third kappa shape index (κ3) is 9.58. The van der Waals surface area contributed by atoms with Crippen LogP contribution in [-0.2, 0) is 17.5 Å². The number of carbonyl (C=O) groups is 2. The lowest BCUT2D eigenvalue weighted by Gasteiger charge is -2.31. The number of piperidine rings is 1. The fourth-order valence-corrected chi connectivity index (χ4v) is 5.04. The van der Waals surface area contributed by atoms with E-state index in [0.29, 0.717) is 54.5 Å². The number of carboxylic acids is 1. The van der Waals surface area contributed by atoms with Crippen molar-refractivity contribution in [3.63, 3.8) is 0 Å². The summed E-state index contributed by atoms with van der Waals surface area (Å²) in [5.74, 6) is 0.271. The number of ketones is 1. The van der Waals surface area contributed by atoms with Gasteiger partial charge < -0.3 is 29.5 Å². The fourth-order valence-electron chi connectivity index (χ4n) is 5.04. The Labute approximate surface area is 281 Å². The lowest BCUT2D eigenvalue weighted by atomic mass is 9.89. The Kier molecular flexibility index (Phi) is 10.8. The Hall–Kier alpha value is -5.40. The number of halogens is 3. The number of rotatable bonds is 14. The molecular formula is C35H36F3N5O6. The largest absolute Gasteiger partial charge is 0.490 e. The van der Waals surface area contributed by atoms with E-state index in [0.717, 1.165) is 12.1 Å². The summed E-state index contributed by atoms with van der Waals surface area (Å²) in [4.78, 5) is 39.6. The number of alkyl halides is 3. The van der Waals surface area contributed by atoms with Gasteiger partial charge in [-0.2, -0.15) is 28.1 Å². The van der Waals surface area contributed by atoms with Crippen molar-refractivity contribution in [2.45, 2.75) is 45.0 Å². The molecule has 0 amide bonds. The highest BCUT2D eigenvalue weighted by Crippen LogP contribution is 2.30. The van der Waals surface area contributed by atoms with Gasteiger partial charge in [0.05, 0.1) is 5.56 Å². The molecule has 3 aromatic carbocycles. The number of carboxylic acid groups (broad SMARTS) is 1. The highest BCUT2D eigenvalue weighted by Gasteiger charge is 2.31. The average molecular weight is 680 g/mol. The van der Waals surface area contributed by atoms with Gasteiger partial charge in [-0.1, -0.05) is 42.5 Å². The van der Waals surface area contributed by atoms with Crippen molar-refractivity contribution in [1.82, 2.24) is 15.0 Å². The van der Waals surface area contributed by atoms with E-state index in [1.54, 1.807) is 24.3 Å². The second kappa shape index (κ2) is 15.2. The highest BCUT2D eigenvalue weighted by atomic mass is 19.4. The van der Waals surface area contributed by atoms with E-state index in [9.17, 15) is 27.9 Å². The minimum Gasteiger partial charge on any atom is -0.490 e. The van der Waals surface area contributed by atoms with E-state index < -0.39 is 23.3 Å². The average Bonchev–Trinajstić information content (AvgIpc) is 3.09. The van der Waals surface area contributed by atoms with Gasteiger partial charge in [0.2, 0.25) is 11.9 Å². The molecule has 11 nitrogen and oxygen atoms in total. The first-order valence-corrected chi connectivity index (χ1v) is 15.7. The normalized spacial score (nSPS) is 13.9. The van der Waals surface area contributed by atoms with Crippen molar-refractivity contribution in [2.24, 2.45) is 5.92 Å². The topological polar surface area (TPSA) is 136 Å². The third-order valence-corrected chi connectivity index (χ3v) is 7.84. The zero-order valence-corrected chi connectivity index (χ0v) is 26.9. The predicted octanol–water partition coefficient (Wildman–Crippen LogP) is 6.30. The molecule has 1 aromatic heterocycles. The molecule has 2 N–H and O–H groups in total. The number of nitrogens with zero attached hydrogens (tertiary/aromatic N) is 4. The minimum atomic E-state index is -4.43.